The Kier molecular flexibility index (Phi) is 11.1. The van der Waals surface area contributed by atoms with Gasteiger partial charge in [0.2, 0.25) is 0 Å². The zero-order valence-electron chi connectivity index (χ0n) is 31.3. The van der Waals surface area contributed by atoms with Crippen molar-refractivity contribution in [2.75, 3.05) is 25.1 Å². The molecule has 6 aromatic rings. The van der Waals surface area contributed by atoms with Gasteiger partial charge in [0.1, 0.15) is 5.75 Å². The van der Waals surface area contributed by atoms with Gasteiger partial charge < -0.3 is 24.5 Å². The second kappa shape index (κ2) is 15.6. The lowest BCUT2D eigenvalue weighted by Crippen LogP contribution is -2.23. The molecule has 0 amide bonds. The van der Waals surface area contributed by atoms with Crippen molar-refractivity contribution in [3.63, 3.8) is 0 Å². The van der Waals surface area contributed by atoms with E-state index in [1.165, 1.54) is 0 Å². The number of hydrazone groups is 1. The summed E-state index contributed by atoms with van der Waals surface area (Å²) in [7, 11) is 6.01. The van der Waals surface area contributed by atoms with E-state index in [1.807, 2.05) is 89.1 Å². The summed E-state index contributed by atoms with van der Waals surface area (Å²) in [5.74, 6) is 6.51. The molecule has 0 atom stereocenters. The Morgan fingerprint density at radius 1 is 1.02 bits per heavy atom. The van der Waals surface area contributed by atoms with Crippen LogP contribution in [-0.2, 0) is 27.1 Å². The number of benzene rings is 3. The van der Waals surface area contributed by atoms with Crippen LogP contribution in [0.5, 0.6) is 5.75 Å². The van der Waals surface area contributed by atoms with Gasteiger partial charge >= 0.3 is 0 Å². The van der Waals surface area contributed by atoms with Gasteiger partial charge in [-0.1, -0.05) is 41.4 Å². The number of hydrogen-bond acceptors (Lipinski definition) is 7. The third-order valence-corrected chi connectivity index (χ3v) is 11.1. The number of nitrogens with one attached hydrogen (secondary N) is 1. The molecule has 5 N–H and O–H groups in total. The van der Waals surface area contributed by atoms with Crippen LogP contribution in [-0.4, -0.2) is 51.2 Å². The maximum absolute atomic E-state index is 13.1. The topological polar surface area (TPSA) is 134 Å². The predicted octanol–water partition coefficient (Wildman–Crippen LogP) is 7.51. The van der Waals surface area contributed by atoms with E-state index in [4.69, 9.17) is 44.6 Å². The van der Waals surface area contributed by atoms with Crippen molar-refractivity contribution < 1.29 is 9.53 Å². The number of hydrogen-bond donors (Lipinski definition) is 3. The lowest BCUT2D eigenvalue weighted by molar-refractivity contribution is 0.111. The summed E-state index contributed by atoms with van der Waals surface area (Å²) >= 11 is 13.5. The lowest BCUT2D eigenvalue weighted by Gasteiger charge is -2.22. The van der Waals surface area contributed by atoms with Crippen LogP contribution < -0.4 is 26.7 Å². The molecule has 3 aromatic heterocycles. The first-order valence-electron chi connectivity index (χ1n) is 17.6. The second-order valence-corrected chi connectivity index (χ2v) is 14.5. The van der Waals surface area contributed by atoms with Gasteiger partial charge in [-0.15, -0.1) is 5.10 Å². The molecule has 6 rings (SSSR count). The summed E-state index contributed by atoms with van der Waals surface area (Å²) in [5, 5.41) is 12.1. The molecule has 0 fully saturated rings. The number of carbonyl (C=O) groups is 1. The highest BCUT2D eigenvalue weighted by Crippen LogP contribution is 2.42. The molecule has 0 spiro atoms. The number of aldehydes is 1. The van der Waals surface area contributed by atoms with Gasteiger partial charge in [0.25, 0.3) is 0 Å². The average molecular weight is 757 g/mol. The summed E-state index contributed by atoms with van der Waals surface area (Å²) in [4.78, 5) is 15.3. The Labute approximate surface area is 320 Å². The Balaban J connectivity index is 1.34. The van der Waals surface area contributed by atoms with Crippen LogP contribution in [0.4, 0.5) is 5.69 Å². The molecular formula is C40H47Cl2N9O2. The Bertz CT molecular complexity index is 2350. The van der Waals surface area contributed by atoms with Gasteiger partial charge in [0, 0.05) is 78.6 Å². The molecule has 278 valence electrons. The smallest absolute Gasteiger partial charge is 0.166 e. The maximum atomic E-state index is 13.1. The molecule has 0 radical (unpaired) electrons. The van der Waals surface area contributed by atoms with Crippen molar-refractivity contribution in [1.82, 2.24) is 24.4 Å². The Hall–Kier alpha value is -4.97. The first-order chi connectivity index (χ1) is 25.4. The van der Waals surface area contributed by atoms with Crippen LogP contribution in [0.25, 0.3) is 32.9 Å². The van der Waals surface area contributed by atoms with E-state index in [9.17, 15) is 4.79 Å². The predicted molar refractivity (Wildman–Crippen MR) is 218 cm³/mol. The number of ether oxygens (including phenoxy) is 1. The summed E-state index contributed by atoms with van der Waals surface area (Å²) in [6, 6.07) is 14.0. The van der Waals surface area contributed by atoms with Gasteiger partial charge in [-0.05, 0) is 87.9 Å². The van der Waals surface area contributed by atoms with Crippen molar-refractivity contribution in [1.29, 1.82) is 0 Å². The SMILES string of the molecule is Cc1cc(OCCCc2c(C=O)n(CCCN(C)c3cccc4c(/C(N)=N/NN)cn(C)c34)c3c(-c4c(C)nn(C)c4C)c(Cl)ccc23)cc(C)c1Cl. The Morgan fingerprint density at radius 3 is 2.42 bits per heavy atom. The molecule has 0 aliphatic heterocycles. The number of carbonyl (C=O) groups excluding carboxylic acids is 1. The second-order valence-electron chi connectivity index (χ2n) is 13.7. The number of aromatic nitrogens is 4. The number of anilines is 1. The number of amidine groups is 1. The van der Waals surface area contributed by atoms with E-state index in [2.05, 4.69) is 37.8 Å². The number of nitrogens with two attached hydrogens (primary N) is 2. The van der Waals surface area contributed by atoms with Crippen molar-refractivity contribution in [2.45, 2.75) is 53.5 Å². The van der Waals surface area contributed by atoms with Gasteiger partial charge in [0.05, 0.1) is 39.7 Å². The van der Waals surface area contributed by atoms with E-state index < -0.39 is 0 Å². The molecule has 3 aromatic carbocycles. The van der Waals surface area contributed by atoms with Crippen LogP contribution >= 0.6 is 23.2 Å². The normalized spacial score (nSPS) is 11.9. The zero-order valence-corrected chi connectivity index (χ0v) is 32.9. The van der Waals surface area contributed by atoms with Crippen molar-refractivity contribution in [2.24, 2.45) is 30.8 Å². The maximum Gasteiger partial charge on any atom is 0.166 e. The van der Waals surface area contributed by atoms with Gasteiger partial charge in [-0.25, -0.2) is 11.4 Å². The minimum Gasteiger partial charge on any atom is -0.494 e. The fraction of sp³-hybridized carbons (Fsp3) is 0.325. The summed E-state index contributed by atoms with van der Waals surface area (Å²) in [6.07, 6.45) is 5.06. The standard InChI is InChI=1S/C40H47Cl2N9O2/c1-23-19-27(20-24(2)37(23)42)53-18-9-12-28-30-14-15-32(41)36(35-25(3)46-50(7)26(35)4)39(30)51(34(28)22-52)17-10-16-48(5)33-13-8-11-29-31(40(43)45-47-44)21-49(6)38(29)33/h8,11,13-15,19-22,47H,9-10,12,16-18,44H2,1-7H3,(H2,43,45). The third-order valence-electron chi connectivity index (χ3n) is 10.2. The van der Waals surface area contributed by atoms with E-state index in [1.54, 1.807) is 0 Å². The summed E-state index contributed by atoms with van der Waals surface area (Å²) in [6.45, 7) is 9.81. The molecular weight excluding hydrogens is 709 g/mol. The van der Waals surface area contributed by atoms with Crippen LogP contribution in [0.2, 0.25) is 10.0 Å². The molecule has 13 heteroatoms. The average Bonchev–Trinajstić information content (AvgIpc) is 3.72. The molecule has 0 saturated heterocycles. The van der Waals surface area contributed by atoms with E-state index in [0.717, 1.165) is 102 Å². The number of para-hydroxylation sites is 1. The van der Waals surface area contributed by atoms with Crippen molar-refractivity contribution in [3.05, 3.63) is 98.0 Å². The molecule has 0 bridgehead atoms. The number of halogens is 2. The fourth-order valence-electron chi connectivity index (χ4n) is 7.62. The third kappa shape index (κ3) is 7.08. The molecule has 53 heavy (non-hydrogen) atoms. The number of aryl methyl sites for hydroxylation is 7. The molecule has 3 heterocycles. The highest BCUT2D eigenvalue weighted by molar-refractivity contribution is 6.35. The van der Waals surface area contributed by atoms with Crippen LogP contribution in [0, 0.1) is 27.7 Å². The van der Waals surface area contributed by atoms with Gasteiger partial charge in [-0.3, -0.25) is 9.48 Å². The lowest BCUT2D eigenvalue weighted by atomic mass is 9.98. The summed E-state index contributed by atoms with van der Waals surface area (Å²) < 4.78 is 12.3. The van der Waals surface area contributed by atoms with Crippen molar-refractivity contribution >= 4 is 62.8 Å². The van der Waals surface area contributed by atoms with E-state index in [0.29, 0.717) is 42.5 Å². The first-order valence-corrected chi connectivity index (χ1v) is 18.4. The number of fused-ring (bicyclic) bond motifs is 2. The minimum atomic E-state index is 0.310. The van der Waals surface area contributed by atoms with Crippen LogP contribution in [0.3, 0.4) is 0 Å². The number of hydrazine groups is 1. The van der Waals surface area contributed by atoms with Crippen LogP contribution in [0.15, 0.2) is 53.8 Å². The quantitative estimate of drug-likeness (QED) is 0.0262. The number of nitrogens with zero attached hydrogens (tertiary/aromatic N) is 6. The molecule has 0 saturated carbocycles. The first kappa shape index (κ1) is 37.8. The molecule has 0 aliphatic rings. The Morgan fingerprint density at radius 2 is 1.75 bits per heavy atom. The largest absolute Gasteiger partial charge is 0.494 e. The summed E-state index contributed by atoms with van der Waals surface area (Å²) in [5.41, 5.74) is 19.7. The minimum absolute atomic E-state index is 0.310. The highest BCUT2D eigenvalue weighted by Gasteiger charge is 2.25. The molecule has 0 aliphatic carbocycles. The van der Waals surface area contributed by atoms with E-state index in [-0.39, 0.29) is 0 Å². The van der Waals surface area contributed by atoms with E-state index >= 15 is 0 Å². The molecule has 0 unspecified atom stereocenters. The molecule has 11 nitrogen and oxygen atoms in total. The highest BCUT2D eigenvalue weighted by atomic mass is 35.5. The zero-order chi connectivity index (χ0) is 38.1. The monoisotopic (exact) mass is 755 g/mol. The van der Waals surface area contributed by atoms with Gasteiger partial charge in [-0.2, -0.15) is 5.10 Å². The van der Waals surface area contributed by atoms with Crippen molar-refractivity contribution in [3.8, 4) is 16.9 Å². The van der Waals surface area contributed by atoms with Gasteiger partial charge in [0.15, 0.2) is 12.1 Å². The fourth-order valence-corrected chi connectivity index (χ4v) is 7.97. The van der Waals surface area contributed by atoms with Crippen LogP contribution in [0.1, 0.15) is 57.0 Å². The number of rotatable bonds is 14.